The van der Waals surface area contributed by atoms with Crippen LogP contribution in [0.3, 0.4) is 0 Å². The number of ether oxygens (including phenoxy) is 1. The van der Waals surface area contributed by atoms with Crippen molar-refractivity contribution >= 4 is 33.2 Å². The van der Waals surface area contributed by atoms with Gasteiger partial charge in [0.1, 0.15) is 12.4 Å². The number of sulfonamides is 1. The third-order valence-corrected chi connectivity index (χ3v) is 10.2. The number of rotatable bonds is 0. The van der Waals surface area contributed by atoms with Crippen molar-refractivity contribution in [2.75, 3.05) is 23.7 Å². The number of aryl methyl sites for hydroxylation is 1. The van der Waals surface area contributed by atoms with Gasteiger partial charge in [-0.1, -0.05) is 31.0 Å². The van der Waals surface area contributed by atoms with E-state index in [0.29, 0.717) is 36.3 Å². The second-order valence-corrected chi connectivity index (χ2v) is 13.7. The quantitative estimate of drug-likeness (QED) is 0.407. The predicted molar refractivity (Wildman–Crippen MR) is 152 cm³/mol. The summed E-state index contributed by atoms with van der Waals surface area (Å²) in [5.41, 5.74) is 3.55. The van der Waals surface area contributed by atoms with E-state index in [9.17, 15) is 13.2 Å². The minimum atomic E-state index is -3.70. The zero-order valence-electron chi connectivity index (χ0n) is 22.3. The van der Waals surface area contributed by atoms with Crippen molar-refractivity contribution < 1.29 is 17.9 Å². The number of fused-ring (bicyclic) bond motifs is 3. The molecule has 1 saturated carbocycles. The van der Waals surface area contributed by atoms with Crippen LogP contribution < -0.4 is 14.4 Å². The van der Waals surface area contributed by atoms with Crippen LogP contribution in [0, 0.1) is 17.8 Å². The average molecular weight is 559 g/mol. The van der Waals surface area contributed by atoms with E-state index in [2.05, 4.69) is 16.5 Å². The molecule has 2 bridgehead atoms. The Bertz CT molecular complexity index is 1260. The molecule has 2 aromatic carbocycles. The topological polar surface area (TPSA) is 75.7 Å². The molecule has 1 aliphatic carbocycles. The molecule has 5 rings (SSSR count). The molecule has 0 aromatic heterocycles. The monoisotopic (exact) mass is 558 g/mol. The number of nitrogens with zero attached hydrogens (tertiary/aromatic N) is 1. The molecule has 206 valence electrons. The van der Waals surface area contributed by atoms with Gasteiger partial charge < -0.3 is 9.64 Å². The van der Waals surface area contributed by atoms with Crippen LogP contribution in [-0.2, 0) is 23.1 Å². The molecule has 2 aromatic rings. The zero-order valence-corrected chi connectivity index (χ0v) is 23.8. The molecule has 3 aliphatic rings. The molecular formula is C30H39ClN2O4S. The minimum absolute atomic E-state index is 0.0290. The summed E-state index contributed by atoms with van der Waals surface area (Å²) in [5.74, 6) is 1.92. The fraction of sp³-hybridized carbons (Fsp3) is 0.567. The van der Waals surface area contributed by atoms with Crippen molar-refractivity contribution in [2.24, 2.45) is 17.8 Å². The van der Waals surface area contributed by atoms with Gasteiger partial charge in [0.15, 0.2) is 0 Å². The number of nitrogens with one attached hydrogen (secondary N) is 1. The summed E-state index contributed by atoms with van der Waals surface area (Å²) < 4.78 is 34.0. The fourth-order valence-electron chi connectivity index (χ4n) is 6.14. The molecular weight excluding hydrogens is 520 g/mol. The molecule has 1 N–H and O–H groups in total. The molecule has 1 amide bonds. The van der Waals surface area contributed by atoms with Gasteiger partial charge in [-0.05, 0) is 111 Å². The number of amides is 1. The molecule has 0 spiro atoms. The van der Waals surface area contributed by atoms with Crippen molar-refractivity contribution in [3.05, 3.63) is 58.1 Å². The minimum Gasteiger partial charge on any atom is -0.487 e. The van der Waals surface area contributed by atoms with Crippen molar-refractivity contribution in [1.29, 1.82) is 0 Å². The molecule has 2 heterocycles. The normalized spacial score (nSPS) is 26.4. The van der Waals surface area contributed by atoms with Crippen LogP contribution in [0.4, 0.5) is 5.69 Å². The van der Waals surface area contributed by atoms with Crippen LogP contribution in [0.15, 0.2) is 36.4 Å². The first-order valence-electron chi connectivity index (χ1n) is 14.1. The lowest BCUT2D eigenvalue weighted by atomic mass is 9.70. The summed E-state index contributed by atoms with van der Waals surface area (Å²) in [6.07, 6.45) is 9.22. The van der Waals surface area contributed by atoms with E-state index >= 15 is 0 Å². The zero-order chi connectivity index (χ0) is 26.7. The highest BCUT2D eigenvalue weighted by molar-refractivity contribution is 7.90. The first kappa shape index (κ1) is 27.3. The Morgan fingerprint density at radius 2 is 1.76 bits per heavy atom. The van der Waals surface area contributed by atoms with Gasteiger partial charge in [0.25, 0.3) is 5.91 Å². The van der Waals surface area contributed by atoms with Crippen LogP contribution in [0.25, 0.3) is 0 Å². The number of hydrogen-bond acceptors (Lipinski definition) is 5. The van der Waals surface area contributed by atoms with Gasteiger partial charge in [-0.3, -0.25) is 4.79 Å². The Kier molecular flexibility index (Phi) is 8.53. The molecule has 0 radical (unpaired) electrons. The highest BCUT2D eigenvalue weighted by Gasteiger charge is 2.33. The first-order chi connectivity index (χ1) is 18.3. The van der Waals surface area contributed by atoms with Crippen LogP contribution >= 0.6 is 11.6 Å². The molecule has 38 heavy (non-hydrogen) atoms. The van der Waals surface area contributed by atoms with E-state index in [4.69, 9.17) is 16.3 Å². The van der Waals surface area contributed by atoms with Gasteiger partial charge in [-0.2, -0.15) is 0 Å². The molecule has 3 atom stereocenters. The van der Waals surface area contributed by atoms with E-state index in [0.717, 1.165) is 67.2 Å². The first-order valence-corrected chi connectivity index (χ1v) is 16.1. The molecule has 8 heteroatoms. The van der Waals surface area contributed by atoms with Crippen molar-refractivity contribution in [3.63, 3.8) is 0 Å². The van der Waals surface area contributed by atoms with Gasteiger partial charge in [-0.25, -0.2) is 13.1 Å². The summed E-state index contributed by atoms with van der Waals surface area (Å²) in [6.45, 7) is 4.42. The van der Waals surface area contributed by atoms with Crippen molar-refractivity contribution in [3.8, 4) is 5.75 Å². The fourth-order valence-corrected chi connectivity index (χ4v) is 7.38. The standard InChI is InChI=1S/C30H39ClN2O4S/c1-21-5-4-16-38(35,36)32-30(34)24-12-14-29-28(18-24)33(19-25-10-9-22(25)8-7-21)15-3-2-6-23-17-27(31)13-11-26(23)20-37-29/h11-14,17-18,21-22,25H,2-10,15-16,19-20H2,1H3,(H,32,34)/t21-,22+,25-/m0/s1. The summed E-state index contributed by atoms with van der Waals surface area (Å²) in [5, 5.41) is 0.737. The van der Waals surface area contributed by atoms with E-state index in [-0.39, 0.29) is 5.75 Å². The summed E-state index contributed by atoms with van der Waals surface area (Å²) in [4.78, 5) is 15.5. The molecule has 1 fully saturated rings. The van der Waals surface area contributed by atoms with Crippen molar-refractivity contribution in [1.82, 2.24) is 4.72 Å². The highest BCUT2D eigenvalue weighted by Crippen LogP contribution is 2.41. The lowest BCUT2D eigenvalue weighted by Gasteiger charge is -2.41. The van der Waals surface area contributed by atoms with Crippen LogP contribution in [0.2, 0.25) is 5.02 Å². The maximum absolute atomic E-state index is 13.1. The van der Waals surface area contributed by atoms with E-state index in [1.807, 2.05) is 30.3 Å². The Morgan fingerprint density at radius 3 is 2.58 bits per heavy atom. The summed E-state index contributed by atoms with van der Waals surface area (Å²) >= 11 is 6.30. The Balaban J connectivity index is 1.49. The second-order valence-electron chi connectivity index (χ2n) is 11.5. The molecule has 0 saturated heterocycles. The molecule has 6 nitrogen and oxygen atoms in total. The third kappa shape index (κ3) is 6.66. The van der Waals surface area contributed by atoms with Gasteiger partial charge >= 0.3 is 0 Å². The summed E-state index contributed by atoms with van der Waals surface area (Å²) in [6, 6.07) is 11.3. The largest absolute Gasteiger partial charge is 0.487 e. The van der Waals surface area contributed by atoms with E-state index in [1.165, 1.54) is 24.8 Å². The molecule has 0 unspecified atom stereocenters. The maximum atomic E-state index is 13.1. The average Bonchev–Trinajstić information content (AvgIpc) is 2.89. The smallest absolute Gasteiger partial charge is 0.264 e. The molecule has 2 aliphatic heterocycles. The SMILES string of the molecule is C[C@H]1CCCS(=O)(=O)NC(=O)c2ccc3c(c2)N(CCCCc2cc(Cl)ccc2CO3)C[C@@H]2CC[C@H]2CC1. The summed E-state index contributed by atoms with van der Waals surface area (Å²) in [7, 11) is -3.70. The second kappa shape index (κ2) is 11.9. The Morgan fingerprint density at radius 1 is 0.947 bits per heavy atom. The van der Waals surface area contributed by atoms with E-state index < -0.39 is 15.9 Å². The van der Waals surface area contributed by atoms with Crippen LogP contribution in [0.5, 0.6) is 5.75 Å². The highest BCUT2D eigenvalue weighted by atomic mass is 35.5. The van der Waals surface area contributed by atoms with Gasteiger partial charge in [-0.15, -0.1) is 0 Å². The number of benzene rings is 2. The van der Waals surface area contributed by atoms with Gasteiger partial charge in [0, 0.05) is 23.7 Å². The number of anilines is 1. The Labute approximate surface area is 232 Å². The number of halogens is 1. The number of hydrogen-bond donors (Lipinski definition) is 1. The van der Waals surface area contributed by atoms with Crippen LogP contribution in [-0.4, -0.2) is 33.2 Å². The lowest BCUT2D eigenvalue weighted by Crippen LogP contribution is -2.39. The van der Waals surface area contributed by atoms with Gasteiger partial charge in [0.05, 0.1) is 11.4 Å². The number of carbonyl (C=O) groups excluding carboxylic acids is 1. The van der Waals surface area contributed by atoms with Crippen molar-refractivity contribution in [2.45, 2.75) is 71.3 Å². The predicted octanol–water partition coefficient (Wildman–Crippen LogP) is 6.36. The van der Waals surface area contributed by atoms with Crippen LogP contribution in [0.1, 0.15) is 79.8 Å². The third-order valence-electron chi connectivity index (χ3n) is 8.66. The lowest BCUT2D eigenvalue weighted by molar-refractivity contribution is 0.0981. The maximum Gasteiger partial charge on any atom is 0.264 e. The van der Waals surface area contributed by atoms with Gasteiger partial charge in [0.2, 0.25) is 10.0 Å². The number of carbonyl (C=O) groups is 1. The van der Waals surface area contributed by atoms with E-state index in [1.54, 1.807) is 6.07 Å². The Hall–Kier alpha value is -2.25.